The number of piperidine rings is 1. The number of likely N-dealkylation sites (tertiary alicyclic amines) is 1. The van der Waals surface area contributed by atoms with E-state index in [-0.39, 0.29) is 5.92 Å². The minimum atomic E-state index is -0.521. The zero-order chi connectivity index (χ0) is 18.3. The first-order chi connectivity index (χ1) is 12.6. The van der Waals surface area contributed by atoms with Gasteiger partial charge in [-0.3, -0.25) is 19.1 Å². The molecule has 8 heteroatoms. The maximum atomic E-state index is 12.4. The van der Waals surface area contributed by atoms with Gasteiger partial charge >= 0.3 is 11.1 Å². The van der Waals surface area contributed by atoms with Crippen molar-refractivity contribution in [2.75, 3.05) is 20.2 Å². The number of ether oxygens (including phenoxy) is 1. The first-order valence-electron chi connectivity index (χ1n) is 9.04. The van der Waals surface area contributed by atoms with Crippen molar-refractivity contribution in [1.29, 1.82) is 0 Å². The SMILES string of the molecule is CCn1nc2n(c(=O)c1=O)C[C@@H]1CCN(Cc3cccnc3OC)C[C@@H]21. The van der Waals surface area contributed by atoms with E-state index < -0.39 is 11.1 Å². The van der Waals surface area contributed by atoms with E-state index in [1.165, 1.54) is 4.68 Å². The summed E-state index contributed by atoms with van der Waals surface area (Å²) in [5.41, 5.74) is 0.0916. The molecular formula is C18H23N5O3. The second kappa shape index (κ2) is 6.68. The fourth-order valence-electron chi connectivity index (χ4n) is 4.14. The summed E-state index contributed by atoms with van der Waals surface area (Å²) in [5.74, 6) is 1.95. The molecule has 2 aliphatic heterocycles. The van der Waals surface area contributed by atoms with Crippen molar-refractivity contribution >= 4 is 0 Å². The third-order valence-corrected chi connectivity index (χ3v) is 5.49. The molecule has 2 aromatic heterocycles. The number of methoxy groups -OCH3 is 1. The Morgan fingerprint density at radius 3 is 2.88 bits per heavy atom. The maximum Gasteiger partial charge on any atom is 0.332 e. The van der Waals surface area contributed by atoms with E-state index in [2.05, 4.69) is 15.0 Å². The Morgan fingerprint density at radius 1 is 1.27 bits per heavy atom. The van der Waals surface area contributed by atoms with Gasteiger partial charge in [-0.05, 0) is 31.9 Å². The average Bonchev–Trinajstić information content (AvgIpc) is 3.03. The number of aryl methyl sites for hydroxylation is 1. The summed E-state index contributed by atoms with van der Waals surface area (Å²) in [5, 5.41) is 4.50. The molecule has 0 unspecified atom stereocenters. The average molecular weight is 357 g/mol. The number of aromatic nitrogens is 4. The van der Waals surface area contributed by atoms with Crippen molar-refractivity contribution < 1.29 is 4.74 Å². The topological polar surface area (TPSA) is 82.3 Å². The molecule has 2 atom stereocenters. The van der Waals surface area contributed by atoms with Gasteiger partial charge in [-0.1, -0.05) is 6.07 Å². The highest BCUT2D eigenvalue weighted by molar-refractivity contribution is 5.25. The number of fused-ring (bicyclic) bond motifs is 3. The third-order valence-electron chi connectivity index (χ3n) is 5.49. The fourth-order valence-corrected chi connectivity index (χ4v) is 4.14. The smallest absolute Gasteiger partial charge is 0.332 e. The molecule has 0 radical (unpaired) electrons. The Morgan fingerprint density at radius 2 is 2.12 bits per heavy atom. The molecule has 1 saturated heterocycles. The van der Waals surface area contributed by atoms with Gasteiger partial charge in [0, 0.05) is 43.9 Å². The highest BCUT2D eigenvalue weighted by atomic mass is 16.5. The third kappa shape index (κ3) is 2.74. The van der Waals surface area contributed by atoms with E-state index in [0.717, 1.165) is 37.4 Å². The van der Waals surface area contributed by atoms with Crippen molar-refractivity contribution in [3.8, 4) is 5.88 Å². The van der Waals surface area contributed by atoms with E-state index in [4.69, 9.17) is 4.74 Å². The van der Waals surface area contributed by atoms with Crippen LogP contribution in [0.2, 0.25) is 0 Å². The first kappa shape index (κ1) is 17.0. The van der Waals surface area contributed by atoms with Gasteiger partial charge in [-0.2, -0.15) is 5.10 Å². The van der Waals surface area contributed by atoms with Gasteiger partial charge in [-0.25, -0.2) is 9.67 Å². The van der Waals surface area contributed by atoms with E-state index >= 15 is 0 Å². The van der Waals surface area contributed by atoms with Gasteiger partial charge in [0.1, 0.15) is 5.82 Å². The van der Waals surface area contributed by atoms with E-state index in [0.29, 0.717) is 24.9 Å². The molecule has 138 valence electrons. The molecule has 26 heavy (non-hydrogen) atoms. The van der Waals surface area contributed by atoms with Crippen molar-refractivity contribution in [1.82, 2.24) is 24.2 Å². The highest BCUT2D eigenvalue weighted by Gasteiger charge is 2.40. The summed E-state index contributed by atoms with van der Waals surface area (Å²) in [7, 11) is 1.63. The Kier molecular flexibility index (Phi) is 4.36. The monoisotopic (exact) mass is 357 g/mol. The van der Waals surface area contributed by atoms with Crippen molar-refractivity contribution in [3.63, 3.8) is 0 Å². The van der Waals surface area contributed by atoms with Gasteiger partial charge in [0.2, 0.25) is 5.88 Å². The second-order valence-corrected chi connectivity index (χ2v) is 6.96. The Bertz CT molecular complexity index is 935. The van der Waals surface area contributed by atoms with Crippen LogP contribution in [-0.4, -0.2) is 44.4 Å². The molecule has 0 N–H and O–H groups in total. The largest absolute Gasteiger partial charge is 0.481 e. The van der Waals surface area contributed by atoms with Gasteiger partial charge in [0.15, 0.2) is 0 Å². The summed E-state index contributed by atoms with van der Waals surface area (Å²) in [6.45, 7) is 5.36. The number of hydrogen-bond donors (Lipinski definition) is 0. The summed E-state index contributed by atoms with van der Waals surface area (Å²) in [4.78, 5) is 31.1. The minimum Gasteiger partial charge on any atom is -0.481 e. The fraction of sp³-hybridized carbons (Fsp3) is 0.556. The molecular weight excluding hydrogens is 334 g/mol. The number of nitrogens with zero attached hydrogens (tertiary/aromatic N) is 5. The van der Waals surface area contributed by atoms with Crippen LogP contribution in [0.3, 0.4) is 0 Å². The molecule has 0 aliphatic carbocycles. The normalized spacial score (nSPS) is 22.1. The van der Waals surface area contributed by atoms with Crippen LogP contribution in [0.25, 0.3) is 0 Å². The summed E-state index contributed by atoms with van der Waals surface area (Å²) < 4.78 is 8.24. The van der Waals surface area contributed by atoms with Crippen LogP contribution in [0.5, 0.6) is 5.88 Å². The number of hydrogen-bond acceptors (Lipinski definition) is 6. The van der Waals surface area contributed by atoms with Crippen LogP contribution < -0.4 is 15.9 Å². The molecule has 0 saturated carbocycles. The molecule has 2 aliphatic rings. The van der Waals surface area contributed by atoms with E-state index in [9.17, 15) is 9.59 Å². The van der Waals surface area contributed by atoms with Crippen molar-refractivity contribution in [2.24, 2.45) is 5.92 Å². The number of pyridine rings is 1. The summed E-state index contributed by atoms with van der Waals surface area (Å²) >= 11 is 0. The summed E-state index contributed by atoms with van der Waals surface area (Å²) in [6, 6.07) is 3.94. The van der Waals surface area contributed by atoms with Crippen LogP contribution in [0.15, 0.2) is 27.9 Å². The Hall–Kier alpha value is -2.48. The molecule has 0 spiro atoms. The molecule has 4 heterocycles. The highest BCUT2D eigenvalue weighted by Crippen LogP contribution is 2.37. The van der Waals surface area contributed by atoms with Crippen molar-refractivity contribution in [2.45, 2.75) is 38.9 Å². The van der Waals surface area contributed by atoms with Crippen LogP contribution in [0, 0.1) is 5.92 Å². The molecule has 2 aromatic rings. The van der Waals surface area contributed by atoms with Crippen molar-refractivity contribution in [3.05, 3.63) is 50.4 Å². The van der Waals surface area contributed by atoms with Crippen LogP contribution in [0.1, 0.15) is 30.7 Å². The number of rotatable bonds is 4. The van der Waals surface area contributed by atoms with Crippen LogP contribution in [0.4, 0.5) is 0 Å². The molecule has 4 rings (SSSR count). The zero-order valence-corrected chi connectivity index (χ0v) is 15.1. The Balaban J connectivity index is 1.61. The molecule has 0 aromatic carbocycles. The molecule has 1 fully saturated rings. The molecule has 8 nitrogen and oxygen atoms in total. The van der Waals surface area contributed by atoms with Crippen LogP contribution in [-0.2, 0) is 19.6 Å². The zero-order valence-electron chi connectivity index (χ0n) is 15.1. The maximum absolute atomic E-state index is 12.4. The van der Waals surface area contributed by atoms with Gasteiger partial charge in [0.25, 0.3) is 0 Å². The lowest BCUT2D eigenvalue weighted by atomic mass is 9.87. The lowest BCUT2D eigenvalue weighted by Gasteiger charge is -2.34. The lowest BCUT2D eigenvalue weighted by molar-refractivity contribution is 0.156. The van der Waals surface area contributed by atoms with E-state index in [1.54, 1.807) is 17.9 Å². The van der Waals surface area contributed by atoms with Gasteiger partial charge in [0.05, 0.1) is 7.11 Å². The quantitative estimate of drug-likeness (QED) is 0.739. The first-order valence-corrected chi connectivity index (χ1v) is 9.04. The molecule has 0 bridgehead atoms. The predicted molar refractivity (Wildman–Crippen MR) is 95.3 cm³/mol. The summed E-state index contributed by atoms with van der Waals surface area (Å²) in [6.07, 6.45) is 2.71. The minimum absolute atomic E-state index is 0.178. The molecule has 0 amide bonds. The standard InChI is InChI=1S/C18H23N5O3/c1-3-23-18(25)17(24)22-10-12-6-8-21(11-14(12)15(22)20-23)9-13-5-4-7-19-16(13)26-2/h4-5,7,12,14H,3,6,8-11H2,1-2H3/t12-,14+/m0/s1. The van der Waals surface area contributed by atoms with Gasteiger partial charge in [-0.15, -0.1) is 0 Å². The van der Waals surface area contributed by atoms with E-state index in [1.807, 2.05) is 19.1 Å². The Labute approximate surface area is 151 Å². The second-order valence-electron chi connectivity index (χ2n) is 6.96. The lowest BCUT2D eigenvalue weighted by Crippen LogP contribution is -2.43. The van der Waals surface area contributed by atoms with Crippen LogP contribution >= 0.6 is 0 Å². The predicted octanol–water partition coefficient (Wildman–Crippen LogP) is 0.448. The van der Waals surface area contributed by atoms with Gasteiger partial charge < -0.3 is 4.74 Å².